The smallest absolute Gasteiger partial charge is 0.435 e. The molecular formula is C24H26N8O4. The highest BCUT2D eigenvalue weighted by atomic mass is 16.6. The maximum Gasteiger partial charge on any atom is 0.435 e. The van der Waals surface area contributed by atoms with Gasteiger partial charge in [0.25, 0.3) is 5.91 Å². The predicted molar refractivity (Wildman–Crippen MR) is 131 cm³/mol. The Bertz CT molecular complexity index is 1280. The van der Waals surface area contributed by atoms with Gasteiger partial charge < -0.3 is 26.0 Å². The van der Waals surface area contributed by atoms with E-state index in [9.17, 15) is 14.4 Å². The van der Waals surface area contributed by atoms with Crippen molar-refractivity contribution in [3.8, 4) is 0 Å². The Morgan fingerprint density at radius 3 is 2.75 bits per heavy atom. The van der Waals surface area contributed by atoms with E-state index in [-0.39, 0.29) is 36.1 Å². The van der Waals surface area contributed by atoms with Crippen LogP contribution in [0.5, 0.6) is 0 Å². The Labute approximate surface area is 207 Å². The Morgan fingerprint density at radius 1 is 1.25 bits per heavy atom. The van der Waals surface area contributed by atoms with Crippen LogP contribution in [0.2, 0.25) is 0 Å². The first-order valence-electron chi connectivity index (χ1n) is 11.2. The van der Waals surface area contributed by atoms with E-state index in [1.807, 2.05) is 37.3 Å². The van der Waals surface area contributed by atoms with Crippen molar-refractivity contribution in [1.29, 1.82) is 0 Å². The van der Waals surface area contributed by atoms with Crippen molar-refractivity contribution < 1.29 is 19.1 Å². The lowest BCUT2D eigenvalue weighted by molar-refractivity contribution is -0.126. The number of benzene rings is 1. The topological polar surface area (TPSA) is 157 Å². The first-order valence-corrected chi connectivity index (χ1v) is 11.2. The second-order valence-electron chi connectivity index (χ2n) is 8.17. The number of carbonyl (C=O) groups excluding carboxylic acids is 3. The highest BCUT2D eigenvalue weighted by molar-refractivity contribution is 5.96. The number of aromatic nitrogens is 4. The van der Waals surface area contributed by atoms with E-state index in [1.165, 1.54) is 24.7 Å². The van der Waals surface area contributed by atoms with E-state index >= 15 is 0 Å². The molecule has 4 rings (SSSR count). The first kappa shape index (κ1) is 24.4. The van der Waals surface area contributed by atoms with E-state index in [1.54, 1.807) is 4.90 Å². The normalized spacial score (nSPS) is 16.9. The lowest BCUT2D eigenvalue weighted by Crippen LogP contribution is -2.39. The zero-order valence-electron chi connectivity index (χ0n) is 19.6. The van der Waals surface area contributed by atoms with Crippen molar-refractivity contribution in [1.82, 2.24) is 24.6 Å². The fourth-order valence-corrected chi connectivity index (χ4v) is 3.89. The van der Waals surface area contributed by atoms with Gasteiger partial charge in [-0.1, -0.05) is 36.9 Å². The third-order valence-corrected chi connectivity index (χ3v) is 5.79. The first-order chi connectivity index (χ1) is 17.4. The largest absolute Gasteiger partial charge is 0.443 e. The molecule has 12 heteroatoms. The van der Waals surface area contributed by atoms with Crippen LogP contribution in [0, 0.1) is 0 Å². The van der Waals surface area contributed by atoms with Gasteiger partial charge in [0.2, 0.25) is 5.91 Å². The molecule has 186 valence electrons. The third kappa shape index (κ3) is 5.49. The number of primary amides is 1. The fraction of sp³-hybridized carbons (Fsp3) is 0.250. The van der Waals surface area contributed by atoms with Crippen molar-refractivity contribution in [3.63, 3.8) is 0 Å². The minimum Gasteiger partial charge on any atom is -0.443 e. The molecule has 4 N–H and O–H groups in total. The van der Waals surface area contributed by atoms with Crippen molar-refractivity contribution in [2.75, 3.05) is 17.2 Å². The number of anilines is 3. The standard InChI is InChI=1S/C24H26N8O4/c1-3-20(33)31-10-9-18(15(31)2)29-19-12-26-21(22(25)34)23(30-19)28-17-11-27-32(13-17)24(35)36-14-16-7-5-4-6-8-16/h3-8,11-13,15,18H,1,9-10,14H2,2H3,(H2,25,34)(H2,28,29,30)/t15-,18-/m1/s1. The van der Waals surface area contributed by atoms with Crippen LogP contribution in [0.1, 0.15) is 29.4 Å². The monoisotopic (exact) mass is 490 g/mol. The van der Waals surface area contributed by atoms with Gasteiger partial charge in [-0.15, -0.1) is 0 Å². The molecule has 1 aromatic carbocycles. The van der Waals surface area contributed by atoms with Crippen LogP contribution in [-0.4, -0.2) is 61.2 Å². The lowest BCUT2D eigenvalue weighted by Gasteiger charge is -2.24. The summed E-state index contributed by atoms with van der Waals surface area (Å²) < 4.78 is 6.29. The molecule has 2 aromatic heterocycles. The second kappa shape index (κ2) is 10.7. The number of carbonyl (C=O) groups is 3. The number of amides is 2. The molecule has 2 atom stereocenters. The molecule has 2 amide bonds. The number of nitrogens with one attached hydrogen (secondary N) is 2. The van der Waals surface area contributed by atoms with Crippen LogP contribution in [0.25, 0.3) is 0 Å². The van der Waals surface area contributed by atoms with Crippen molar-refractivity contribution >= 4 is 35.2 Å². The quantitative estimate of drug-likeness (QED) is 0.403. The zero-order chi connectivity index (χ0) is 25.7. The van der Waals surface area contributed by atoms with E-state index in [0.29, 0.717) is 24.5 Å². The molecule has 3 aromatic rings. The second-order valence-corrected chi connectivity index (χ2v) is 8.17. The summed E-state index contributed by atoms with van der Waals surface area (Å²) in [6.07, 6.45) is 5.52. The van der Waals surface area contributed by atoms with E-state index in [2.05, 4.69) is 32.3 Å². The van der Waals surface area contributed by atoms with E-state index < -0.39 is 12.0 Å². The van der Waals surface area contributed by atoms with Crippen LogP contribution < -0.4 is 16.4 Å². The molecule has 36 heavy (non-hydrogen) atoms. The van der Waals surface area contributed by atoms with Crippen molar-refractivity contribution in [3.05, 3.63) is 72.8 Å². The maximum absolute atomic E-state index is 12.3. The summed E-state index contributed by atoms with van der Waals surface area (Å²) in [5, 5.41) is 10.2. The molecule has 0 unspecified atom stereocenters. The highest BCUT2D eigenvalue weighted by Crippen LogP contribution is 2.24. The minimum absolute atomic E-state index is 0.0717. The molecule has 12 nitrogen and oxygen atoms in total. The third-order valence-electron chi connectivity index (χ3n) is 5.79. The molecule has 1 fully saturated rings. The molecule has 0 aliphatic carbocycles. The number of nitrogens with two attached hydrogens (primary N) is 1. The van der Waals surface area contributed by atoms with Gasteiger partial charge in [-0.05, 0) is 25.0 Å². The average molecular weight is 491 g/mol. The predicted octanol–water partition coefficient (Wildman–Crippen LogP) is 2.29. The molecule has 1 saturated heterocycles. The zero-order valence-corrected chi connectivity index (χ0v) is 19.6. The maximum atomic E-state index is 12.3. The number of hydrogen-bond acceptors (Lipinski definition) is 9. The minimum atomic E-state index is -0.775. The summed E-state index contributed by atoms with van der Waals surface area (Å²) in [5.74, 6) is -0.428. The van der Waals surface area contributed by atoms with Gasteiger partial charge >= 0.3 is 6.09 Å². The summed E-state index contributed by atoms with van der Waals surface area (Å²) in [6, 6.07) is 9.10. The van der Waals surface area contributed by atoms with Gasteiger partial charge in [0.1, 0.15) is 12.4 Å². The average Bonchev–Trinajstić information content (AvgIpc) is 3.49. The van der Waals surface area contributed by atoms with Gasteiger partial charge in [-0.2, -0.15) is 9.78 Å². The Kier molecular flexibility index (Phi) is 7.23. The molecular weight excluding hydrogens is 464 g/mol. The van der Waals surface area contributed by atoms with Gasteiger partial charge in [-0.3, -0.25) is 9.59 Å². The number of nitrogens with zero attached hydrogens (tertiary/aromatic N) is 5. The van der Waals surface area contributed by atoms with Gasteiger partial charge in [0.05, 0.1) is 24.3 Å². The van der Waals surface area contributed by atoms with E-state index in [0.717, 1.165) is 10.2 Å². The Hall–Kier alpha value is -4.74. The summed E-state index contributed by atoms with van der Waals surface area (Å²) in [5.41, 5.74) is 6.60. The molecule has 0 saturated carbocycles. The Morgan fingerprint density at radius 2 is 2.03 bits per heavy atom. The van der Waals surface area contributed by atoms with Crippen LogP contribution in [0.3, 0.4) is 0 Å². The molecule has 0 spiro atoms. The molecule has 0 radical (unpaired) electrons. The Balaban J connectivity index is 1.45. The molecule has 3 heterocycles. The summed E-state index contributed by atoms with van der Waals surface area (Å²) in [6.45, 7) is 6.16. The van der Waals surface area contributed by atoms with Gasteiger partial charge in [0.15, 0.2) is 11.5 Å². The van der Waals surface area contributed by atoms with Gasteiger partial charge in [0, 0.05) is 18.6 Å². The molecule has 0 bridgehead atoms. The molecule has 1 aliphatic rings. The van der Waals surface area contributed by atoms with Crippen LogP contribution in [0.4, 0.5) is 22.1 Å². The number of likely N-dealkylation sites (tertiary alicyclic amines) is 1. The SMILES string of the molecule is C=CC(=O)N1CC[C@@H](Nc2cnc(C(N)=O)c(Nc3cnn(C(=O)OCc4ccccc4)c3)n2)[C@H]1C. The number of ether oxygens (including phenoxy) is 1. The number of rotatable bonds is 8. The molecule has 1 aliphatic heterocycles. The number of hydrogen-bond donors (Lipinski definition) is 3. The van der Waals surface area contributed by atoms with Crippen LogP contribution in [-0.2, 0) is 16.1 Å². The van der Waals surface area contributed by atoms with Crippen LogP contribution >= 0.6 is 0 Å². The van der Waals surface area contributed by atoms with Gasteiger partial charge in [-0.25, -0.2) is 14.8 Å². The highest BCUT2D eigenvalue weighted by Gasteiger charge is 2.33. The van der Waals surface area contributed by atoms with Crippen molar-refractivity contribution in [2.45, 2.75) is 32.0 Å². The van der Waals surface area contributed by atoms with E-state index in [4.69, 9.17) is 10.5 Å². The van der Waals surface area contributed by atoms with Crippen molar-refractivity contribution in [2.24, 2.45) is 5.73 Å². The summed E-state index contributed by atoms with van der Waals surface area (Å²) >= 11 is 0. The van der Waals surface area contributed by atoms with Crippen LogP contribution in [0.15, 0.2) is 61.6 Å². The summed E-state index contributed by atoms with van der Waals surface area (Å²) in [7, 11) is 0. The lowest BCUT2D eigenvalue weighted by atomic mass is 10.1. The summed E-state index contributed by atoms with van der Waals surface area (Å²) in [4.78, 5) is 46.6. The fourth-order valence-electron chi connectivity index (χ4n) is 3.89.